The first kappa shape index (κ1) is 48.8. The fraction of sp³-hybridized carbons (Fsp3) is 0.769. The maximum atomic E-state index is 12.1. The fourth-order valence-electron chi connectivity index (χ4n) is 13.3. The van der Waals surface area contributed by atoms with E-state index < -0.39 is 11.2 Å². The maximum Gasteiger partial charge on any atom is 0.333 e. The van der Waals surface area contributed by atoms with Crippen LogP contribution in [0.2, 0.25) is 0 Å². The summed E-state index contributed by atoms with van der Waals surface area (Å²) in [6, 6.07) is 0. The number of hydrogen-bond donors (Lipinski definition) is 1. The second-order valence-corrected chi connectivity index (χ2v) is 21.8. The topological polar surface area (TPSA) is 125 Å². The predicted molar refractivity (Wildman–Crippen MR) is 239 cm³/mol. The van der Waals surface area contributed by atoms with Gasteiger partial charge in [-0.25, -0.2) is 19.2 Å². The van der Waals surface area contributed by atoms with Gasteiger partial charge in [-0.05, 0) is 198 Å². The van der Waals surface area contributed by atoms with Crippen molar-refractivity contribution in [1.82, 2.24) is 0 Å². The van der Waals surface area contributed by atoms with E-state index in [-0.39, 0.29) is 40.7 Å². The number of rotatable bonds is 10. The molecular formula is C52H80O9. The Hall–Kier alpha value is -3.20. The molecule has 2 unspecified atom stereocenters. The Kier molecular flexibility index (Phi) is 15.4. The summed E-state index contributed by atoms with van der Waals surface area (Å²) in [7, 11) is 0. The van der Waals surface area contributed by atoms with Gasteiger partial charge in [0, 0.05) is 28.7 Å². The Balaban J connectivity index is 0.000000157. The van der Waals surface area contributed by atoms with E-state index in [9.17, 15) is 24.3 Å². The molecule has 1 N–H and O–H groups in total. The van der Waals surface area contributed by atoms with Crippen LogP contribution < -0.4 is 0 Å². The number of carbonyl (C=O) groups is 4. The van der Waals surface area contributed by atoms with Gasteiger partial charge in [0.2, 0.25) is 0 Å². The molecule has 0 spiro atoms. The lowest BCUT2D eigenvalue weighted by atomic mass is 9.47. The van der Waals surface area contributed by atoms with Gasteiger partial charge in [-0.15, -0.1) is 0 Å². The van der Waals surface area contributed by atoms with E-state index in [0.29, 0.717) is 58.3 Å². The monoisotopic (exact) mass is 849 g/mol. The SMILES string of the molecule is C=C(C)C(=O)OC1(C(C)C)C2CC3CC(C2)CC1C3.C=C(C)C(=O)OC1(C)CCCC1.C=C(C)C(=O)OC1(CC)CCCC1.C=C(C)C(=O)OC12CC3CC(CC(O)(C3)C1)C2. The standard InChI is InChI=1S/C17H26O2.C14H20O3.C11H18O2.C10H16O2/c1-10(2)16(18)19-17(11(3)4)14-6-12-5-13(8-14)9-15(17)7-12;1-9(2)12(15)17-14-6-10-3-11(7-14)5-13(16,4-10)8-14;1-4-11(7-5-6-8-11)13-10(12)9(2)3;1-8(2)9(11)12-10(3)6-4-5-7-10/h11-15H,1,5-9H2,2-4H3;10-11,16H,1,3-8H2,2H3;2,4-8H2,1,3H3;1,4-7H2,2-3H3. The highest BCUT2D eigenvalue weighted by Crippen LogP contribution is 2.62. The van der Waals surface area contributed by atoms with E-state index >= 15 is 0 Å². The van der Waals surface area contributed by atoms with Crippen molar-refractivity contribution in [2.24, 2.45) is 41.4 Å². The average Bonchev–Trinajstić information content (AvgIpc) is 3.81. The summed E-state index contributed by atoms with van der Waals surface area (Å²) in [4.78, 5) is 46.4. The third-order valence-electron chi connectivity index (χ3n) is 15.7. The van der Waals surface area contributed by atoms with Crippen molar-refractivity contribution in [1.29, 1.82) is 0 Å². The van der Waals surface area contributed by atoms with Crippen molar-refractivity contribution in [3.05, 3.63) is 48.6 Å². The minimum atomic E-state index is -0.570. The summed E-state index contributed by atoms with van der Waals surface area (Å²) < 4.78 is 22.6. The summed E-state index contributed by atoms with van der Waals surface area (Å²) in [6.45, 7) is 29.9. The van der Waals surface area contributed by atoms with E-state index in [0.717, 1.165) is 69.6 Å². The Morgan fingerprint density at radius 1 is 0.574 bits per heavy atom. The van der Waals surface area contributed by atoms with Crippen LogP contribution in [0, 0.1) is 41.4 Å². The first-order valence-electron chi connectivity index (χ1n) is 23.7. The van der Waals surface area contributed by atoms with Gasteiger partial charge in [-0.3, -0.25) is 0 Å². The minimum absolute atomic E-state index is 0.171. The molecule has 0 aromatic rings. The van der Waals surface area contributed by atoms with Crippen LogP contribution in [-0.2, 0) is 38.1 Å². The Labute approximate surface area is 367 Å². The fourth-order valence-corrected chi connectivity index (χ4v) is 13.3. The van der Waals surface area contributed by atoms with Crippen molar-refractivity contribution in [2.75, 3.05) is 0 Å². The molecule has 10 aliphatic carbocycles. The van der Waals surface area contributed by atoms with E-state index in [2.05, 4.69) is 47.1 Å². The highest BCUT2D eigenvalue weighted by molar-refractivity contribution is 5.88. The van der Waals surface area contributed by atoms with Gasteiger partial charge in [-0.1, -0.05) is 47.1 Å². The van der Waals surface area contributed by atoms with E-state index in [1.807, 2.05) is 6.92 Å². The molecular weight excluding hydrogens is 769 g/mol. The quantitative estimate of drug-likeness (QED) is 0.130. The predicted octanol–water partition coefficient (Wildman–Crippen LogP) is 11.4. The number of hydrogen-bond acceptors (Lipinski definition) is 9. The summed E-state index contributed by atoms with van der Waals surface area (Å²) in [5.74, 6) is 3.51. The lowest BCUT2D eigenvalue weighted by Crippen LogP contribution is -2.62. The molecule has 10 saturated carbocycles. The largest absolute Gasteiger partial charge is 0.456 e. The smallest absolute Gasteiger partial charge is 0.333 e. The summed E-state index contributed by atoms with van der Waals surface area (Å²) in [5, 5.41) is 10.5. The molecule has 0 aromatic carbocycles. The molecule has 0 saturated heterocycles. The first-order chi connectivity index (χ1) is 28.5. The van der Waals surface area contributed by atoms with Crippen LogP contribution >= 0.6 is 0 Å². The van der Waals surface area contributed by atoms with Crippen LogP contribution in [0.15, 0.2) is 48.6 Å². The summed E-state index contributed by atoms with van der Waals surface area (Å²) in [6.07, 6.45) is 21.6. The lowest BCUT2D eigenvalue weighted by Gasteiger charge is -2.61. The molecule has 10 aliphatic rings. The van der Waals surface area contributed by atoms with Gasteiger partial charge < -0.3 is 24.1 Å². The third kappa shape index (κ3) is 11.5. The molecule has 10 fully saturated rings. The van der Waals surface area contributed by atoms with Crippen molar-refractivity contribution in [2.45, 2.75) is 212 Å². The number of esters is 4. The van der Waals surface area contributed by atoms with Gasteiger partial charge in [0.25, 0.3) is 0 Å². The van der Waals surface area contributed by atoms with Crippen molar-refractivity contribution < 1.29 is 43.2 Å². The minimum Gasteiger partial charge on any atom is -0.456 e. The van der Waals surface area contributed by atoms with Gasteiger partial charge >= 0.3 is 23.9 Å². The molecule has 8 bridgehead atoms. The first-order valence-corrected chi connectivity index (χ1v) is 23.7. The third-order valence-corrected chi connectivity index (χ3v) is 15.7. The highest BCUT2D eigenvalue weighted by atomic mass is 16.6. The van der Waals surface area contributed by atoms with Gasteiger partial charge in [-0.2, -0.15) is 0 Å². The number of aliphatic hydroxyl groups is 1. The van der Waals surface area contributed by atoms with Crippen LogP contribution in [0.3, 0.4) is 0 Å². The zero-order chi connectivity index (χ0) is 45.1. The summed E-state index contributed by atoms with van der Waals surface area (Å²) in [5.41, 5.74) is 0.425. The molecule has 9 heteroatoms. The molecule has 9 nitrogen and oxygen atoms in total. The van der Waals surface area contributed by atoms with Crippen molar-refractivity contribution >= 4 is 23.9 Å². The van der Waals surface area contributed by atoms with E-state index in [1.54, 1.807) is 27.7 Å². The summed E-state index contributed by atoms with van der Waals surface area (Å²) >= 11 is 0. The molecule has 0 amide bonds. The molecule has 0 heterocycles. The molecule has 2 atom stereocenters. The lowest BCUT2D eigenvalue weighted by molar-refractivity contribution is -0.221. The Bertz CT molecular complexity index is 1640. The maximum absolute atomic E-state index is 12.1. The molecule has 61 heavy (non-hydrogen) atoms. The highest BCUT2D eigenvalue weighted by Gasteiger charge is 2.61. The zero-order valence-corrected chi connectivity index (χ0v) is 39.2. The molecule has 0 radical (unpaired) electrons. The molecule has 342 valence electrons. The van der Waals surface area contributed by atoms with Crippen molar-refractivity contribution in [3.63, 3.8) is 0 Å². The molecule has 0 aromatic heterocycles. The Morgan fingerprint density at radius 2 is 0.967 bits per heavy atom. The van der Waals surface area contributed by atoms with E-state index in [1.165, 1.54) is 64.2 Å². The second kappa shape index (κ2) is 19.3. The van der Waals surface area contributed by atoms with E-state index in [4.69, 9.17) is 18.9 Å². The number of ether oxygens (including phenoxy) is 4. The van der Waals surface area contributed by atoms with Crippen LogP contribution in [-0.4, -0.2) is 57.0 Å². The van der Waals surface area contributed by atoms with Crippen LogP contribution in [0.5, 0.6) is 0 Å². The normalized spacial score (nSPS) is 34.9. The zero-order valence-electron chi connectivity index (χ0n) is 39.2. The van der Waals surface area contributed by atoms with Gasteiger partial charge in [0.1, 0.15) is 22.4 Å². The van der Waals surface area contributed by atoms with Crippen LogP contribution in [0.1, 0.15) is 184 Å². The Morgan fingerprint density at radius 3 is 1.38 bits per heavy atom. The molecule has 0 aliphatic heterocycles. The van der Waals surface area contributed by atoms with Gasteiger partial charge in [0.15, 0.2) is 0 Å². The van der Waals surface area contributed by atoms with Gasteiger partial charge in [0.05, 0.1) is 5.60 Å². The van der Waals surface area contributed by atoms with Crippen LogP contribution in [0.25, 0.3) is 0 Å². The average molecular weight is 849 g/mol. The number of carbonyl (C=O) groups excluding carboxylic acids is 4. The van der Waals surface area contributed by atoms with Crippen molar-refractivity contribution in [3.8, 4) is 0 Å². The second-order valence-electron chi connectivity index (χ2n) is 21.8. The molecule has 10 rings (SSSR count). The van der Waals surface area contributed by atoms with Crippen LogP contribution in [0.4, 0.5) is 0 Å².